The second kappa shape index (κ2) is 4.57. The van der Waals surface area contributed by atoms with Gasteiger partial charge in [0.15, 0.2) is 0 Å². The Hall–Kier alpha value is -1.17. The average molecular weight is 223 g/mol. The summed E-state index contributed by atoms with van der Waals surface area (Å²) in [5.41, 5.74) is 5.68. The number of thiazole rings is 1. The number of furan rings is 1. The Bertz CT molecular complexity index is 410. The first-order valence-corrected chi connectivity index (χ1v) is 5.56. The van der Waals surface area contributed by atoms with Crippen LogP contribution in [0.4, 0.5) is 0 Å². The monoisotopic (exact) mass is 223 g/mol. The lowest BCUT2D eigenvalue weighted by Crippen LogP contribution is -2.29. The third-order valence-corrected chi connectivity index (χ3v) is 3.05. The number of rotatable bonds is 4. The number of nitrogens with zero attached hydrogens (tertiary/aromatic N) is 1. The molecular weight excluding hydrogens is 210 g/mol. The molecule has 0 aliphatic carbocycles. The van der Waals surface area contributed by atoms with E-state index >= 15 is 0 Å². The number of aryl methyl sites for hydroxylation is 1. The van der Waals surface area contributed by atoms with Crippen molar-refractivity contribution in [3.63, 3.8) is 0 Å². The molecule has 2 aromatic rings. The van der Waals surface area contributed by atoms with Gasteiger partial charge in [0, 0.05) is 23.1 Å². The smallest absolute Gasteiger partial charge is 0.101 e. The lowest BCUT2D eigenvalue weighted by Gasteiger charge is -2.11. The zero-order valence-corrected chi connectivity index (χ0v) is 9.25. The molecule has 15 heavy (non-hydrogen) atoms. The van der Waals surface area contributed by atoms with E-state index in [9.17, 15) is 0 Å². The molecule has 0 aliphatic heterocycles. The van der Waals surface area contributed by atoms with Crippen molar-refractivity contribution in [3.8, 4) is 0 Å². The van der Waals surface area contributed by atoms with E-state index < -0.39 is 0 Å². The van der Waals surface area contributed by atoms with Gasteiger partial charge in [-0.15, -0.1) is 11.3 Å². The van der Waals surface area contributed by atoms with Crippen molar-refractivity contribution in [2.75, 3.05) is 0 Å². The molecule has 80 valence electrons. The van der Waals surface area contributed by atoms with Gasteiger partial charge < -0.3 is 4.42 Å². The Morgan fingerprint density at radius 3 is 3.07 bits per heavy atom. The molecule has 3 N–H and O–H groups in total. The highest BCUT2D eigenvalue weighted by atomic mass is 32.1. The van der Waals surface area contributed by atoms with Gasteiger partial charge in [-0.25, -0.2) is 0 Å². The summed E-state index contributed by atoms with van der Waals surface area (Å²) in [7, 11) is 0. The Morgan fingerprint density at radius 1 is 1.67 bits per heavy atom. The van der Waals surface area contributed by atoms with Crippen LogP contribution in [-0.4, -0.2) is 4.98 Å². The van der Waals surface area contributed by atoms with Crippen LogP contribution in [0.2, 0.25) is 0 Å². The van der Waals surface area contributed by atoms with Gasteiger partial charge in [0.1, 0.15) is 5.76 Å². The van der Waals surface area contributed by atoms with Crippen molar-refractivity contribution in [1.29, 1.82) is 0 Å². The highest BCUT2D eigenvalue weighted by Gasteiger charge is 2.13. The van der Waals surface area contributed by atoms with Crippen molar-refractivity contribution in [2.45, 2.75) is 19.4 Å². The molecule has 2 rings (SSSR count). The summed E-state index contributed by atoms with van der Waals surface area (Å²) in [4.78, 5) is 5.24. The molecule has 1 unspecified atom stereocenters. The molecule has 0 amide bonds. The van der Waals surface area contributed by atoms with E-state index in [1.165, 1.54) is 4.88 Å². The highest BCUT2D eigenvalue weighted by molar-refractivity contribution is 7.09. The third-order valence-electron chi connectivity index (χ3n) is 2.24. The lowest BCUT2D eigenvalue weighted by atomic mass is 10.1. The second-order valence-corrected chi connectivity index (χ2v) is 4.35. The summed E-state index contributed by atoms with van der Waals surface area (Å²) in [6.07, 6.45) is 4.43. The minimum atomic E-state index is 0.0860. The Morgan fingerprint density at radius 2 is 2.53 bits per heavy atom. The van der Waals surface area contributed by atoms with Crippen molar-refractivity contribution in [1.82, 2.24) is 10.4 Å². The van der Waals surface area contributed by atoms with Crippen LogP contribution < -0.4 is 11.3 Å². The normalized spacial score (nSPS) is 12.9. The van der Waals surface area contributed by atoms with Crippen LogP contribution in [0.15, 0.2) is 28.5 Å². The van der Waals surface area contributed by atoms with E-state index in [0.29, 0.717) is 0 Å². The van der Waals surface area contributed by atoms with Gasteiger partial charge >= 0.3 is 0 Å². The lowest BCUT2D eigenvalue weighted by molar-refractivity contribution is 0.512. The molecule has 1 atom stereocenters. The summed E-state index contributed by atoms with van der Waals surface area (Å²) >= 11 is 1.63. The SMILES string of the molecule is Cc1cc(C(Cc2cncs2)NN)co1. The van der Waals surface area contributed by atoms with Gasteiger partial charge in [-0.2, -0.15) is 0 Å². The van der Waals surface area contributed by atoms with E-state index in [0.717, 1.165) is 17.7 Å². The molecule has 0 saturated carbocycles. The number of nitrogens with one attached hydrogen (secondary N) is 1. The molecule has 4 nitrogen and oxygen atoms in total. The van der Waals surface area contributed by atoms with Crippen LogP contribution in [0.5, 0.6) is 0 Å². The number of nitrogens with two attached hydrogens (primary N) is 1. The standard InChI is InChI=1S/C10H13N3OS/c1-7-2-8(5-14-7)10(13-11)3-9-4-12-6-15-9/h2,4-6,10,13H,3,11H2,1H3. The number of hydrazine groups is 1. The van der Waals surface area contributed by atoms with E-state index in [2.05, 4.69) is 10.4 Å². The summed E-state index contributed by atoms with van der Waals surface area (Å²) in [6, 6.07) is 2.08. The summed E-state index contributed by atoms with van der Waals surface area (Å²) in [5.74, 6) is 6.42. The quantitative estimate of drug-likeness (QED) is 0.612. The van der Waals surface area contributed by atoms with E-state index in [-0.39, 0.29) is 6.04 Å². The summed E-state index contributed by atoms with van der Waals surface area (Å²) < 4.78 is 5.26. The van der Waals surface area contributed by atoms with E-state index in [1.807, 2.05) is 24.7 Å². The maximum absolute atomic E-state index is 5.52. The topological polar surface area (TPSA) is 64.1 Å². The van der Waals surface area contributed by atoms with Gasteiger partial charge in [0.2, 0.25) is 0 Å². The molecule has 5 heteroatoms. The van der Waals surface area contributed by atoms with Gasteiger partial charge in [-0.1, -0.05) is 0 Å². The zero-order valence-electron chi connectivity index (χ0n) is 8.43. The molecule has 0 spiro atoms. The molecule has 0 saturated heterocycles. The van der Waals surface area contributed by atoms with Gasteiger partial charge in [-0.05, 0) is 13.0 Å². The molecule has 2 aromatic heterocycles. The average Bonchev–Trinajstić information content (AvgIpc) is 2.85. The molecule has 0 aromatic carbocycles. The van der Waals surface area contributed by atoms with Crippen molar-refractivity contribution in [3.05, 3.63) is 40.2 Å². The fourth-order valence-electron chi connectivity index (χ4n) is 1.46. The second-order valence-electron chi connectivity index (χ2n) is 3.38. The summed E-state index contributed by atoms with van der Waals surface area (Å²) in [6.45, 7) is 1.92. The third kappa shape index (κ3) is 2.44. The van der Waals surface area contributed by atoms with Crippen LogP contribution in [0, 0.1) is 6.92 Å². The molecule has 0 fully saturated rings. The number of aromatic nitrogens is 1. The van der Waals surface area contributed by atoms with E-state index in [4.69, 9.17) is 10.3 Å². The maximum atomic E-state index is 5.52. The maximum Gasteiger partial charge on any atom is 0.101 e. The predicted molar refractivity (Wildman–Crippen MR) is 59.3 cm³/mol. The van der Waals surface area contributed by atoms with Crippen LogP contribution in [0.25, 0.3) is 0 Å². The number of hydrogen-bond donors (Lipinski definition) is 2. The molecule has 2 heterocycles. The molecular formula is C10H13N3OS. The van der Waals surface area contributed by atoms with Crippen molar-refractivity contribution in [2.24, 2.45) is 5.84 Å². The molecule has 0 aliphatic rings. The molecule has 0 radical (unpaired) electrons. The summed E-state index contributed by atoms with van der Waals surface area (Å²) in [5, 5.41) is 0. The van der Waals surface area contributed by atoms with Crippen molar-refractivity contribution >= 4 is 11.3 Å². The van der Waals surface area contributed by atoms with Crippen molar-refractivity contribution < 1.29 is 4.42 Å². The fourth-order valence-corrected chi connectivity index (χ4v) is 2.11. The van der Waals surface area contributed by atoms with Crippen LogP contribution in [0.1, 0.15) is 22.2 Å². The van der Waals surface area contributed by atoms with E-state index in [1.54, 1.807) is 17.6 Å². The van der Waals surface area contributed by atoms with Gasteiger partial charge in [-0.3, -0.25) is 16.3 Å². The first-order chi connectivity index (χ1) is 7.29. The largest absolute Gasteiger partial charge is 0.469 e. The minimum Gasteiger partial charge on any atom is -0.469 e. The van der Waals surface area contributed by atoms with Crippen LogP contribution in [-0.2, 0) is 6.42 Å². The Balaban J connectivity index is 2.11. The van der Waals surface area contributed by atoms with Crippen LogP contribution >= 0.6 is 11.3 Å². The minimum absolute atomic E-state index is 0.0860. The zero-order chi connectivity index (χ0) is 10.7. The fraction of sp³-hybridized carbons (Fsp3) is 0.300. The van der Waals surface area contributed by atoms with Crippen LogP contribution in [0.3, 0.4) is 0 Å². The first kappa shape index (κ1) is 10.4. The number of hydrogen-bond acceptors (Lipinski definition) is 5. The van der Waals surface area contributed by atoms with Gasteiger partial charge in [0.25, 0.3) is 0 Å². The first-order valence-electron chi connectivity index (χ1n) is 4.68. The molecule has 0 bridgehead atoms. The van der Waals surface area contributed by atoms with Gasteiger partial charge in [0.05, 0.1) is 17.8 Å². The predicted octanol–water partition coefficient (Wildman–Crippen LogP) is 1.79. The highest BCUT2D eigenvalue weighted by Crippen LogP contribution is 2.21. The Kier molecular flexibility index (Phi) is 3.15. The Labute approximate surface area is 92.1 Å².